The highest BCUT2D eigenvalue weighted by Crippen LogP contribution is 2.24. The number of hydroxylamine groups is 1. The van der Waals surface area contributed by atoms with Crippen molar-refractivity contribution in [2.45, 2.75) is 19.2 Å². The molecular formula is C25H23F3N4O5. The zero-order valence-electron chi connectivity index (χ0n) is 19.6. The first-order chi connectivity index (χ1) is 17.8. The van der Waals surface area contributed by atoms with Gasteiger partial charge in [0, 0.05) is 44.0 Å². The summed E-state index contributed by atoms with van der Waals surface area (Å²) < 4.78 is 48.4. The molecule has 2 aromatic carbocycles. The van der Waals surface area contributed by atoms with Gasteiger partial charge in [-0.25, -0.2) is 18.7 Å². The van der Waals surface area contributed by atoms with Gasteiger partial charge in [-0.05, 0) is 5.56 Å². The van der Waals surface area contributed by atoms with E-state index in [1.165, 1.54) is 10.8 Å². The number of benzene rings is 2. The Hall–Kier alpha value is -4.16. The normalized spacial score (nSPS) is 14.6. The molecule has 1 aliphatic heterocycles. The number of ether oxygens (including phenoxy) is 1. The lowest BCUT2D eigenvalue weighted by molar-refractivity contribution is 0.0306. The lowest BCUT2D eigenvalue weighted by Crippen LogP contribution is -2.44. The van der Waals surface area contributed by atoms with Gasteiger partial charge in [-0.1, -0.05) is 30.3 Å². The molecule has 0 spiro atoms. The molecular weight excluding hydrogens is 493 g/mol. The van der Waals surface area contributed by atoms with Crippen molar-refractivity contribution in [2.75, 3.05) is 20.2 Å². The fourth-order valence-corrected chi connectivity index (χ4v) is 3.86. The summed E-state index contributed by atoms with van der Waals surface area (Å²) in [5.41, 5.74) is 1.26. The number of carbonyl (C=O) groups excluding carboxylic acids is 2. The van der Waals surface area contributed by atoms with E-state index in [-0.39, 0.29) is 31.2 Å². The predicted octanol–water partition coefficient (Wildman–Crippen LogP) is 2.21. The zero-order chi connectivity index (χ0) is 26.5. The van der Waals surface area contributed by atoms with E-state index in [0.717, 1.165) is 0 Å². The Bertz CT molecular complexity index is 1360. The third kappa shape index (κ3) is 5.65. The van der Waals surface area contributed by atoms with E-state index < -0.39 is 58.4 Å². The number of carbonyl (C=O) groups is 2. The summed E-state index contributed by atoms with van der Waals surface area (Å²) in [6.45, 7) is -0.504. The van der Waals surface area contributed by atoms with Crippen molar-refractivity contribution in [2.24, 2.45) is 0 Å². The minimum absolute atomic E-state index is 0.0644. The third-order valence-corrected chi connectivity index (χ3v) is 5.72. The number of rotatable bonds is 9. The van der Waals surface area contributed by atoms with Crippen LogP contribution >= 0.6 is 0 Å². The Kier molecular flexibility index (Phi) is 7.89. The first-order valence-electron chi connectivity index (χ1n) is 11.2. The molecule has 3 N–H and O–H groups in total. The molecule has 0 saturated carbocycles. The number of fused-ring (bicyclic) bond motifs is 1. The molecule has 0 unspecified atom stereocenters. The van der Waals surface area contributed by atoms with Crippen LogP contribution in [0.5, 0.6) is 5.75 Å². The molecule has 37 heavy (non-hydrogen) atoms. The van der Waals surface area contributed by atoms with Crippen molar-refractivity contribution in [1.82, 2.24) is 20.7 Å². The van der Waals surface area contributed by atoms with Gasteiger partial charge in [-0.3, -0.25) is 19.2 Å². The number of halogens is 3. The first-order valence-corrected chi connectivity index (χ1v) is 11.2. The molecule has 1 aromatic heterocycles. The molecule has 9 nitrogen and oxygen atoms in total. The van der Waals surface area contributed by atoms with Crippen LogP contribution in [0.25, 0.3) is 0 Å². The third-order valence-electron chi connectivity index (χ3n) is 5.72. The number of pyridine rings is 1. The summed E-state index contributed by atoms with van der Waals surface area (Å²) in [7, 11) is 1.55. The average molecular weight is 516 g/mol. The second-order valence-corrected chi connectivity index (χ2v) is 8.14. The number of hydrogen-bond donors (Lipinski definition) is 3. The Labute approximate surface area is 209 Å². The van der Waals surface area contributed by atoms with Crippen LogP contribution in [-0.2, 0) is 18.0 Å². The molecule has 12 heteroatoms. The summed E-state index contributed by atoms with van der Waals surface area (Å²) in [4.78, 5) is 44.4. The van der Waals surface area contributed by atoms with Crippen LogP contribution in [0, 0.1) is 17.5 Å². The van der Waals surface area contributed by atoms with Gasteiger partial charge in [0.05, 0.1) is 12.6 Å². The number of nitrogens with zero attached hydrogens (tertiary/aromatic N) is 1. The highest BCUT2D eigenvalue weighted by Gasteiger charge is 2.32. The van der Waals surface area contributed by atoms with Crippen LogP contribution in [-0.4, -0.2) is 36.6 Å². The van der Waals surface area contributed by atoms with Gasteiger partial charge in [-0.2, -0.15) is 0 Å². The lowest BCUT2D eigenvalue weighted by Gasteiger charge is -2.30. The van der Waals surface area contributed by atoms with Crippen molar-refractivity contribution >= 4 is 11.8 Å². The van der Waals surface area contributed by atoms with Crippen molar-refractivity contribution in [3.05, 3.63) is 98.7 Å². The minimum atomic E-state index is -1.19. The van der Waals surface area contributed by atoms with E-state index in [1.54, 1.807) is 37.4 Å². The monoisotopic (exact) mass is 516 g/mol. The van der Waals surface area contributed by atoms with Gasteiger partial charge in [0.15, 0.2) is 11.4 Å². The molecule has 0 bridgehead atoms. The van der Waals surface area contributed by atoms with E-state index >= 15 is 0 Å². The molecule has 1 atom stereocenters. The van der Waals surface area contributed by atoms with Gasteiger partial charge >= 0.3 is 0 Å². The number of hydrogen-bond acceptors (Lipinski definition) is 6. The summed E-state index contributed by atoms with van der Waals surface area (Å²) in [5.74, 6) is -5.38. The Morgan fingerprint density at radius 2 is 1.84 bits per heavy atom. The first kappa shape index (κ1) is 25.9. The molecule has 3 aromatic rings. The van der Waals surface area contributed by atoms with E-state index in [1.807, 2.05) is 0 Å². The van der Waals surface area contributed by atoms with Gasteiger partial charge in [0.2, 0.25) is 5.43 Å². The lowest BCUT2D eigenvalue weighted by atomic mass is 10.1. The molecule has 0 radical (unpaired) electrons. The summed E-state index contributed by atoms with van der Waals surface area (Å²) in [6, 6.07) is 9.33. The van der Waals surface area contributed by atoms with Crippen molar-refractivity contribution in [1.29, 1.82) is 0 Å². The van der Waals surface area contributed by atoms with Crippen LogP contribution in [0.4, 0.5) is 13.2 Å². The molecule has 0 fully saturated rings. The maximum atomic E-state index is 14.0. The molecule has 1 aliphatic rings. The highest BCUT2D eigenvalue weighted by molar-refractivity contribution is 5.99. The Morgan fingerprint density at radius 1 is 1.14 bits per heavy atom. The zero-order valence-corrected chi connectivity index (χ0v) is 19.6. The molecule has 0 aliphatic carbocycles. The second kappa shape index (κ2) is 11.3. The second-order valence-electron chi connectivity index (χ2n) is 8.14. The highest BCUT2D eigenvalue weighted by atomic mass is 19.1. The summed E-state index contributed by atoms with van der Waals surface area (Å²) in [5, 5.41) is 4.95. The maximum absolute atomic E-state index is 14.0. The predicted molar refractivity (Wildman–Crippen MR) is 125 cm³/mol. The minimum Gasteiger partial charge on any atom is -0.483 e. The topological polar surface area (TPSA) is 111 Å². The van der Waals surface area contributed by atoms with Crippen LogP contribution in [0.2, 0.25) is 0 Å². The molecule has 2 amide bonds. The molecule has 4 rings (SSSR count). The number of nitrogens with one attached hydrogen (secondary N) is 3. The number of amides is 2. The van der Waals surface area contributed by atoms with Crippen molar-refractivity contribution in [3.8, 4) is 5.75 Å². The SMILES string of the molecule is CNOC[C@H]1CNC(=O)c2c(OCc3ccccc3)c(=O)c(C(=O)NCc3c(F)cc(F)cc3F)cn21. The maximum Gasteiger partial charge on any atom is 0.272 e. The van der Waals surface area contributed by atoms with E-state index in [4.69, 9.17) is 9.57 Å². The van der Waals surface area contributed by atoms with Crippen LogP contribution in [0.15, 0.2) is 53.5 Å². The summed E-state index contributed by atoms with van der Waals surface area (Å²) in [6.07, 6.45) is 1.18. The van der Waals surface area contributed by atoms with Crippen molar-refractivity contribution in [3.63, 3.8) is 0 Å². The average Bonchev–Trinajstić information content (AvgIpc) is 2.87. The summed E-state index contributed by atoms with van der Waals surface area (Å²) >= 11 is 0. The Morgan fingerprint density at radius 3 is 2.51 bits per heavy atom. The van der Waals surface area contributed by atoms with Crippen LogP contribution in [0.3, 0.4) is 0 Å². The van der Waals surface area contributed by atoms with Crippen LogP contribution < -0.4 is 26.3 Å². The standard InChI is InChI=1S/C25H23F3N4O5/c1-29-37-13-16-9-30-25(35)21-23(36-12-14-5-3-2-4-6-14)22(33)18(11-32(16)21)24(34)31-10-17-19(27)7-15(26)8-20(17)28/h2-8,11,16,29H,9-10,12-13H2,1H3,(H,30,35)(H,31,34)/t16-/m1/s1. The van der Waals surface area contributed by atoms with Gasteiger partial charge < -0.3 is 19.9 Å². The Balaban J connectivity index is 1.71. The largest absolute Gasteiger partial charge is 0.483 e. The number of aromatic nitrogens is 1. The van der Waals surface area contributed by atoms with Gasteiger partial charge in [0.25, 0.3) is 11.8 Å². The van der Waals surface area contributed by atoms with Gasteiger partial charge in [-0.15, -0.1) is 0 Å². The van der Waals surface area contributed by atoms with Gasteiger partial charge in [0.1, 0.15) is 29.6 Å². The quantitative estimate of drug-likeness (QED) is 0.376. The van der Waals surface area contributed by atoms with E-state index in [9.17, 15) is 27.6 Å². The smallest absolute Gasteiger partial charge is 0.272 e. The van der Waals surface area contributed by atoms with Crippen molar-refractivity contribution < 1.29 is 32.3 Å². The fourth-order valence-electron chi connectivity index (χ4n) is 3.86. The van der Waals surface area contributed by atoms with Crippen LogP contribution in [0.1, 0.15) is 38.0 Å². The van der Waals surface area contributed by atoms with E-state index in [2.05, 4.69) is 16.1 Å². The fraction of sp³-hybridized carbons (Fsp3) is 0.240. The molecule has 2 heterocycles. The molecule has 194 valence electrons. The molecule has 0 saturated heterocycles. The van der Waals surface area contributed by atoms with E-state index in [0.29, 0.717) is 17.7 Å².